The van der Waals surface area contributed by atoms with Crippen molar-refractivity contribution in [3.63, 3.8) is 0 Å². The molecule has 2 aliphatic heterocycles. The number of hydrogen-bond acceptors (Lipinski definition) is 3. The van der Waals surface area contributed by atoms with Crippen LogP contribution in [0.15, 0.2) is 24.3 Å². The topological polar surface area (TPSA) is 64.7 Å². The highest BCUT2D eigenvalue weighted by Gasteiger charge is 2.23. The summed E-state index contributed by atoms with van der Waals surface area (Å²) in [6.07, 6.45) is 3.66. The van der Waals surface area contributed by atoms with Crippen molar-refractivity contribution in [3.8, 4) is 0 Å². The van der Waals surface area contributed by atoms with Crippen LogP contribution in [0.5, 0.6) is 0 Å². The van der Waals surface area contributed by atoms with Crippen LogP contribution in [-0.2, 0) is 17.9 Å². The van der Waals surface area contributed by atoms with E-state index in [4.69, 9.17) is 0 Å². The van der Waals surface area contributed by atoms with Crippen molar-refractivity contribution in [2.45, 2.75) is 64.7 Å². The Labute approximate surface area is 162 Å². The van der Waals surface area contributed by atoms with E-state index in [2.05, 4.69) is 36.6 Å². The molecule has 1 aromatic rings. The fourth-order valence-corrected chi connectivity index (χ4v) is 3.86. The maximum Gasteiger partial charge on any atom is 0.317 e. The number of hydrogen-bond donors (Lipinski definition) is 2. The van der Waals surface area contributed by atoms with Crippen molar-refractivity contribution in [2.24, 2.45) is 0 Å². The molecule has 0 saturated carbocycles. The van der Waals surface area contributed by atoms with Crippen LogP contribution in [0.1, 0.15) is 50.7 Å². The quantitative estimate of drug-likeness (QED) is 0.806. The van der Waals surface area contributed by atoms with E-state index in [-0.39, 0.29) is 11.9 Å². The summed E-state index contributed by atoms with van der Waals surface area (Å²) >= 11 is 0. The SMILES string of the molecule is CC(C)NC1CCN(C(=O)NCc2ccc(CN3CCCC3=O)cc2)CC1. The number of benzene rings is 1. The number of carbonyl (C=O) groups is 2. The number of carbonyl (C=O) groups excluding carboxylic acids is 2. The van der Waals surface area contributed by atoms with Gasteiger partial charge in [-0.25, -0.2) is 4.79 Å². The molecule has 2 saturated heterocycles. The van der Waals surface area contributed by atoms with Gasteiger partial charge in [0.2, 0.25) is 5.91 Å². The molecule has 6 nitrogen and oxygen atoms in total. The number of piperidine rings is 1. The predicted octanol–water partition coefficient (Wildman–Crippen LogP) is 2.48. The zero-order chi connectivity index (χ0) is 19.2. The molecule has 27 heavy (non-hydrogen) atoms. The Morgan fingerprint density at radius 2 is 1.78 bits per heavy atom. The first-order chi connectivity index (χ1) is 13.0. The first-order valence-corrected chi connectivity index (χ1v) is 10.2. The number of rotatable bonds is 6. The molecule has 1 aromatic carbocycles. The molecule has 3 amide bonds. The molecule has 0 unspecified atom stereocenters. The van der Waals surface area contributed by atoms with Gasteiger partial charge in [-0.1, -0.05) is 38.1 Å². The summed E-state index contributed by atoms with van der Waals surface area (Å²) in [6, 6.07) is 9.20. The highest BCUT2D eigenvalue weighted by molar-refractivity contribution is 5.78. The van der Waals surface area contributed by atoms with E-state index < -0.39 is 0 Å². The Bertz CT molecular complexity index is 636. The molecule has 148 valence electrons. The summed E-state index contributed by atoms with van der Waals surface area (Å²) in [4.78, 5) is 27.9. The van der Waals surface area contributed by atoms with E-state index in [1.54, 1.807) is 0 Å². The minimum atomic E-state index is 0.0183. The second-order valence-corrected chi connectivity index (χ2v) is 7.98. The maximum absolute atomic E-state index is 12.4. The van der Waals surface area contributed by atoms with E-state index in [9.17, 15) is 9.59 Å². The molecule has 2 heterocycles. The first-order valence-electron chi connectivity index (χ1n) is 10.2. The molecule has 6 heteroatoms. The predicted molar refractivity (Wildman–Crippen MR) is 106 cm³/mol. The minimum absolute atomic E-state index is 0.0183. The number of nitrogens with zero attached hydrogens (tertiary/aromatic N) is 2. The summed E-state index contributed by atoms with van der Waals surface area (Å²) in [5.74, 6) is 0.249. The normalized spacial score (nSPS) is 18.4. The van der Waals surface area contributed by atoms with E-state index >= 15 is 0 Å². The molecular formula is C21H32N4O2. The van der Waals surface area contributed by atoms with E-state index in [0.717, 1.165) is 50.0 Å². The van der Waals surface area contributed by atoms with Crippen molar-refractivity contribution < 1.29 is 9.59 Å². The van der Waals surface area contributed by atoms with E-state index in [1.807, 2.05) is 21.9 Å². The Kier molecular flexibility index (Phi) is 6.72. The number of amides is 3. The van der Waals surface area contributed by atoms with Crippen molar-refractivity contribution in [1.82, 2.24) is 20.4 Å². The van der Waals surface area contributed by atoms with Crippen LogP contribution < -0.4 is 10.6 Å². The molecule has 2 N–H and O–H groups in total. The van der Waals surface area contributed by atoms with Crippen molar-refractivity contribution in [2.75, 3.05) is 19.6 Å². The molecule has 2 fully saturated rings. The van der Waals surface area contributed by atoms with Crippen LogP contribution in [0.4, 0.5) is 4.79 Å². The number of likely N-dealkylation sites (tertiary alicyclic amines) is 2. The van der Waals surface area contributed by atoms with Crippen LogP contribution in [-0.4, -0.2) is 53.5 Å². The molecule has 0 atom stereocenters. The van der Waals surface area contributed by atoms with E-state index in [1.165, 1.54) is 0 Å². The van der Waals surface area contributed by atoms with Crippen LogP contribution in [0.2, 0.25) is 0 Å². The number of urea groups is 1. The van der Waals surface area contributed by atoms with Gasteiger partial charge >= 0.3 is 6.03 Å². The lowest BCUT2D eigenvalue weighted by Crippen LogP contribution is -2.49. The molecule has 2 aliphatic rings. The summed E-state index contributed by atoms with van der Waals surface area (Å²) in [6.45, 7) is 8.01. The Hall–Kier alpha value is -2.08. The van der Waals surface area contributed by atoms with Gasteiger partial charge in [-0.05, 0) is 30.4 Å². The number of nitrogens with one attached hydrogen (secondary N) is 2. The summed E-state index contributed by atoms with van der Waals surface area (Å²) in [7, 11) is 0. The fraction of sp³-hybridized carbons (Fsp3) is 0.619. The van der Waals surface area contributed by atoms with Gasteiger partial charge in [0, 0.05) is 51.2 Å². The largest absolute Gasteiger partial charge is 0.338 e. The van der Waals surface area contributed by atoms with E-state index in [0.29, 0.717) is 31.6 Å². The van der Waals surface area contributed by atoms with Crippen molar-refractivity contribution in [1.29, 1.82) is 0 Å². The van der Waals surface area contributed by atoms with Gasteiger partial charge in [0.25, 0.3) is 0 Å². The Balaban J connectivity index is 1.40. The van der Waals surface area contributed by atoms with Crippen LogP contribution >= 0.6 is 0 Å². The van der Waals surface area contributed by atoms with Gasteiger partial charge in [0.05, 0.1) is 0 Å². The van der Waals surface area contributed by atoms with Gasteiger partial charge < -0.3 is 20.4 Å². The van der Waals surface area contributed by atoms with Crippen molar-refractivity contribution >= 4 is 11.9 Å². The summed E-state index contributed by atoms with van der Waals surface area (Å²) < 4.78 is 0. The van der Waals surface area contributed by atoms with Crippen LogP contribution in [0, 0.1) is 0 Å². The average molecular weight is 373 g/mol. The molecule has 0 aliphatic carbocycles. The third-order valence-corrected chi connectivity index (χ3v) is 5.36. The Morgan fingerprint density at radius 1 is 1.11 bits per heavy atom. The lowest BCUT2D eigenvalue weighted by molar-refractivity contribution is -0.128. The van der Waals surface area contributed by atoms with Gasteiger partial charge in [-0.15, -0.1) is 0 Å². The highest BCUT2D eigenvalue weighted by Crippen LogP contribution is 2.15. The van der Waals surface area contributed by atoms with Gasteiger partial charge in [-0.2, -0.15) is 0 Å². The zero-order valence-electron chi connectivity index (χ0n) is 16.5. The molecule has 0 spiro atoms. The lowest BCUT2D eigenvalue weighted by atomic mass is 10.0. The highest BCUT2D eigenvalue weighted by atomic mass is 16.2. The molecular weight excluding hydrogens is 340 g/mol. The molecule has 0 aromatic heterocycles. The summed E-state index contributed by atoms with van der Waals surface area (Å²) in [5, 5.41) is 6.58. The Morgan fingerprint density at radius 3 is 2.37 bits per heavy atom. The molecule has 3 rings (SSSR count). The molecule has 0 bridgehead atoms. The third-order valence-electron chi connectivity index (χ3n) is 5.36. The zero-order valence-corrected chi connectivity index (χ0v) is 16.5. The second kappa shape index (κ2) is 9.22. The van der Waals surface area contributed by atoms with Crippen LogP contribution in [0.25, 0.3) is 0 Å². The maximum atomic E-state index is 12.4. The molecule has 0 radical (unpaired) electrons. The third kappa shape index (κ3) is 5.70. The monoisotopic (exact) mass is 372 g/mol. The van der Waals surface area contributed by atoms with Crippen LogP contribution in [0.3, 0.4) is 0 Å². The minimum Gasteiger partial charge on any atom is -0.338 e. The standard InChI is InChI=1S/C21H32N4O2/c1-16(2)23-19-9-12-24(13-10-19)21(27)22-14-17-5-7-18(8-6-17)15-25-11-3-4-20(25)26/h5-8,16,19,23H,3-4,9-15H2,1-2H3,(H,22,27). The summed E-state index contributed by atoms with van der Waals surface area (Å²) in [5.41, 5.74) is 2.22. The second-order valence-electron chi connectivity index (χ2n) is 7.98. The van der Waals surface area contributed by atoms with Gasteiger partial charge in [0.1, 0.15) is 0 Å². The van der Waals surface area contributed by atoms with Gasteiger partial charge in [-0.3, -0.25) is 4.79 Å². The smallest absolute Gasteiger partial charge is 0.317 e. The first kappa shape index (κ1) is 19.7. The van der Waals surface area contributed by atoms with Gasteiger partial charge in [0.15, 0.2) is 0 Å². The van der Waals surface area contributed by atoms with Crippen molar-refractivity contribution in [3.05, 3.63) is 35.4 Å². The average Bonchev–Trinajstić information content (AvgIpc) is 3.06. The lowest BCUT2D eigenvalue weighted by Gasteiger charge is -2.33. The fourth-order valence-electron chi connectivity index (χ4n) is 3.86.